The number of pyridine rings is 1. The Kier molecular flexibility index (Phi) is 4.86. The monoisotopic (exact) mass is 425 g/mol. The Hall–Kier alpha value is -3.01. The summed E-state index contributed by atoms with van der Waals surface area (Å²) in [4.78, 5) is 32.4. The number of hydrogen-bond donors (Lipinski definition) is 1. The van der Waals surface area contributed by atoms with Gasteiger partial charge in [0.25, 0.3) is 11.5 Å². The Morgan fingerprint density at radius 3 is 3.00 bits per heavy atom. The maximum absolute atomic E-state index is 13.1. The summed E-state index contributed by atoms with van der Waals surface area (Å²) in [5.74, 6) is 1.03. The molecule has 1 amide bonds. The zero-order chi connectivity index (χ0) is 20.7. The fourth-order valence-corrected chi connectivity index (χ4v) is 5.21. The van der Waals surface area contributed by atoms with Gasteiger partial charge in [0.05, 0.1) is 6.54 Å². The molecule has 0 unspecified atom stereocenters. The summed E-state index contributed by atoms with van der Waals surface area (Å²) < 4.78 is 3.77. The van der Waals surface area contributed by atoms with Gasteiger partial charge in [0.15, 0.2) is 0 Å². The van der Waals surface area contributed by atoms with Crippen molar-refractivity contribution in [2.24, 2.45) is 5.92 Å². The van der Waals surface area contributed by atoms with Crippen LogP contribution in [0.25, 0.3) is 0 Å². The number of nitrogens with zero attached hydrogens (tertiary/aromatic N) is 6. The number of hydrogen-bond acceptors (Lipinski definition) is 7. The van der Waals surface area contributed by atoms with Crippen LogP contribution < -0.4 is 15.8 Å². The van der Waals surface area contributed by atoms with Crippen molar-refractivity contribution in [1.29, 1.82) is 0 Å². The second-order valence-electron chi connectivity index (χ2n) is 7.82. The maximum Gasteiger partial charge on any atom is 0.263 e. The molecule has 10 heteroatoms. The molecule has 0 aliphatic carbocycles. The van der Waals surface area contributed by atoms with Crippen molar-refractivity contribution in [2.45, 2.75) is 38.9 Å². The minimum Gasteiger partial charge on any atom is -0.346 e. The summed E-state index contributed by atoms with van der Waals surface area (Å²) in [6.45, 7) is 5.39. The van der Waals surface area contributed by atoms with Crippen molar-refractivity contribution in [3.05, 3.63) is 57.5 Å². The predicted octanol–water partition coefficient (Wildman–Crippen LogP) is 1.47. The molecule has 2 bridgehead atoms. The first-order valence-electron chi connectivity index (χ1n) is 10.2. The molecule has 0 saturated carbocycles. The van der Waals surface area contributed by atoms with E-state index >= 15 is 0 Å². The van der Waals surface area contributed by atoms with Crippen molar-refractivity contribution in [2.75, 3.05) is 18.0 Å². The molecule has 30 heavy (non-hydrogen) atoms. The van der Waals surface area contributed by atoms with Gasteiger partial charge in [-0.2, -0.15) is 0 Å². The second-order valence-corrected chi connectivity index (χ2v) is 8.64. The molecule has 2 aliphatic rings. The molecule has 2 atom stereocenters. The summed E-state index contributed by atoms with van der Waals surface area (Å²) in [5, 5.41) is 11.9. The van der Waals surface area contributed by atoms with Gasteiger partial charge in [-0.3, -0.25) is 9.59 Å². The molecule has 0 spiro atoms. The van der Waals surface area contributed by atoms with E-state index in [9.17, 15) is 9.59 Å². The van der Waals surface area contributed by atoms with Gasteiger partial charge in [-0.15, -0.1) is 10.2 Å². The van der Waals surface area contributed by atoms with Crippen LogP contribution in [0.15, 0.2) is 34.8 Å². The van der Waals surface area contributed by atoms with Crippen LogP contribution in [-0.4, -0.2) is 43.3 Å². The largest absolute Gasteiger partial charge is 0.346 e. The van der Waals surface area contributed by atoms with Crippen LogP contribution in [0.5, 0.6) is 0 Å². The van der Waals surface area contributed by atoms with E-state index in [1.54, 1.807) is 33.7 Å². The number of anilines is 1. The maximum atomic E-state index is 13.1. The smallest absolute Gasteiger partial charge is 0.263 e. The zero-order valence-electron chi connectivity index (χ0n) is 16.7. The van der Waals surface area contributed by atoms with Crippen LogP contribution in [0.1, 0.15) is 41.1 Å². The summed E-state index contributed by atoms with van der Waals surface area (Å²) in [6, 6.07) is 3.60. The molecule has 3 aromatic heterocycles. The Balaban J connectivity index is 1.36. The van der Waals surface area contributed by atoms with Gasteiger partial charge in [0, 0.05) is 50.2 Å². The van der Waals surface area contributed by atoms with E-state index in [2.05, 4.69) is 25.4 Å². The Morgan fingerprint density at radius 1 is 1.30 bits per heavy atom. The summed E-state index contributed by atoms with van der Waals surface area (Å²) in [6.07, 6.45) is 4.64. The van der Waals surface area contributed by atoms with Crippen LogP contribution in [0.3, 0.4) is 0 Å². The highest BCUT2D eigenvalue weighted by Crippen LogP contribution is 2.37. The normalized spacial score (nSPS) is 20.1. The third-order valence-electron chi connectivity index (χ3n) is 6.02. The van der Waals surface area contributed by atoms with Gasteiger partial charge in [-0.05, 0) is 31.4 Å². The minimum absolute atomic E-state index is 0.189. The minimum atomic E-state index is -0.354. The molecule has 156 valence electrons. The summed E-state index contributed by atoms with van der Waals surface area (Å²) >= 11 is 1.54. The van der Waals surface area contributed by atoms with Crippen molar-refractivity contribution in [1.82, 2.24) is 29.6 Å². The average Bonchev–Trinajstić information content (AvgIpc) is 3.44. The van der Waals surface area contributed by atoms with E-state index in [1.807, 2.05) is 23.8 Å². The number of piperidine rings is 1. The lowest BCUT2D eigenvalue weighted by molar-refractivity contribution is 0.0946. The number of carbonyl (C=O) groups excluding carboxylic acids is 1. The van der Waals surface area contributed by atoms with E-state index in [0.29, 0.717) is 19.0 Å². The molecular formula is C20H23N7O2S. The van der Waals surface area contributed by atoms with Crippen LogP contribution in [0.4, 0.5) is 5.13 Å². The van der Waals surface area contributed by atoms with Crippen LogP contribution in [-0.2, 0) is 19.6 Å². The molecule has 5 rings (SSSR count). The Morgan fingerprint density at radius 2 is 2.20 bits per heavy atom. The molecule has 1 N–H and O–H groups in total. The highest BCUT2D eigenvalue weighted by Gasteiger charge is 2.36. The van der Waals surface area contributed by atoms with E-state index in [-0.39, 0.29) is 22.9 Å². The first-order chi connectivity index (χ1) is 14.6. The molecule has 0 radical (unpaired) electrons. The SMILES string of the molecule is CCn1ccnc1CNC(=O)c1ccc2n(c1=O)C[C@H]1C[C@@H]2CN(c2nncs2)C1. The Labute approximate surface area is 177 Å². The molecule has 1 fully saturated rings. The van der Waals surface area contributed by atoms with Gasteiger partial charge in [0.2, 0.25) is 5.13 Å². The van der Waals surface area contributed by atoms with Gasteiger partial charge < -0.3 is 19.4 Å². The number of rotatable bonds is 5. The molecular weight excluding hydrogens is 402 g/mol. The first-order valence-corrected chi connectivity index (χ1v) is 11.0. The lowest BCUT2D eigenvalue weighted by Gasteiger charge is -2.42. The lowest BCUT2D eigenvalue weighted by Crippen LogP contribution is -2.48. The molecule has 1 saturated heterocycles. The standard InChI is InChI=1S/C20H23N7O2S/c1-2-25-6-5-21-17(25)8-22-18(28)15-3-4-16-14-7-13(10-27(16)19(15)29)9-26(11-14)20-24-23-12-30-20/h3-6,12-14H,2,7-11H2,1H3,(H,22,28)/t13-,14+/m0/s1. The predicted molar refractivity (Wildman–Crippen MR) is 113 cm³/mol. The lowest BCUT2D eigenvalue weighted by atomic mass is 9.83. The van der Waals surface area contributed by atoms with Crippen molar-refractivity contribution < 1.29 is 4.79 Å². The number of fused-ring (bicyclic) bond motifs is 4. The Bertz CT molecular complexity index is 1120. The van der Waals surface area contributed by atoms with Crippen LogP contribution in [0, 0.1) is 5.92 Å². The quantitative estimate of drug-likeness (QED) is 0.665. The number of amides is 1. The van der Waals surface area contributed by atoms with E-state index in [0.717, 1.165) is 42.7 Å². The van der Waals surface area contributed by atoms with Gasteiger partial charge in [0.1, 0.15) is 16.9 Å². The first kappa shape index (κ1) is 19.0. The molecule has 0 aromatic carbocycles. The summed E-state index contributed by atoms with van der Waals surface area (Å²) in [5.41, 5.74) is 2.73. The van der Waals surface area contributed by atoms with Gasteiger partial charge in [-0.25, -0.2) is 4.98 Å². The number of aryl methyl sites for hydroxylation is 1. The third kappa shape index (κ3) is 3.30. The van der Waals surface area contributed by atoms with E-state index in [4.69, 9.17) is 0 Å². The van der Waals surface area contributed by atoms with Crippen LogP contribution >= 0.6 is 11.3 Å². The number of nitrogens with one attached hydrogen (secondary N) is 1. The van der Waals surface area contributed by atoms with Crippen molar-refractivity contribution >= 4 is 22.4 Å². The van der Waals surface area contributed by atoms with Gasteiger partial charge >= 0.3 is 0 Å². The second kappa shape index (κ2) is 7.67. The van der Waals surface area contributed by atoms with E-state index in [1.165, 1.54) is 0 Å². The van der Waals surface area contributed by atoms with Gasteiger partial charge in [-0.1, -0.05) is 11.3 Å². The third-order valence-corrected chi connectivity index (χ3v) is 6.77. The molecule has 3 aromatic rings. The van der Waals surface area contributed by atoms with Crippen molar-refractivity contribution in [3.8, 4) is 0 Å². The van der Waals surface area contributed by atoms with E-state index < -0.39 is 0 Å². The fraction of sp³-hybridized carbons (Fsp3) is 0.450. The summed E-state index contributed by atoms with van der Waals surface area (Å²) in [7, 11) is 0. The molecule has 9 nitrogen and oxygen atoms in total. The molecule has 2 aliphatic heterocycles. The topological polar surface area (TPSA) is 97.9 Å². The molecule has 5 heterocycles. The number of aromatic nitrogens is 5. The van der Waals surface area contributed by atoms with Crippen LogP contribution in [0.2, 0.25) is 0 Å². The van der Waals surface area contributed by atoms with Crippen molar-refractivity contribution in [3.63, 3.8) is 0 Å². The number of carbonyl (C=O) groups is 1. The average molecular weight is 426 g/mol. The number of imidazole rings is 1. The highest BCUT2D eigenvalue weighted by atomic mass is 32.1. The fourth-order valence-electron chi connectivity index (χ4n) is 4.63. The zero-order valence-corrected chi connectivity index (χ0v) is 17.5. The highest BCUT2D eigenvalue weighted by molar-refractivity contribution is 7.13.